The zero-order valence-electron chi connectivity index (χ0n) is 5.55. The first-order valence-electron chi connectivity index (χ1n) is 2.73. The van der Waals surface area contributed by atoms with Crippen LogP contribution in [0.15, 0.2) is 12.5 Å². The number of hydrogen-bond acceptors (Lipinski definition) is 3. The molecule has 1 aromatic heterocycles. The maximum Gasteiger partial charge on any atom is 0.158 e. The average Bonchev–Trinajstić information content (AvgIpc) is 2.17. The molecule has 4 heteroatoms. The molecular weight excluding hydrogens is 116 g/mol. The van der Waals surface area contributed by atoms with Gasteiger partial charge in [0.1, 0.15) is 0 Å². The summed E-state index contributed by atoms with van der Waals surface area (Å²) in [5.74, 6) is 0.833. The van der Waals surface area contributed by atoms with Gasteiger partial charge in [0, 0.05) is 20.3 Å². The van der Waals surface area contributed by atoms with Crippen LogP contribution in [0.25, 0.3) is 0 Å². The van der Waals surface area contributed by atoms with Gasteiger partial charge in [-0.3, -0.25) is 0 Å². The van der Waals surface area contributed by atoms with Gasteiger partial charge in [-0.2, -0.15) is 0 Å². The molecule has 1 aromatic rings. The van der Waals surface area contributed by atoms with Crippen LogP contribution in [0.1, 0.15) is 0 Å². The Balaban J connectivity index is 2.61. The van der Waals surface area contributed by atoms with E-state index >= 15 is 0 Å². The van der Waals surface area contributed by atoms with Crippen molar-refractivity contribution in [2.45, 2.75) is 0 Å². The van der Waals surface area contributed by atoms with Gasteiger partial charge in [-0.05, 0) is 0 Å². The quantitative estimate of drug-likeness (QED) is 0.547. The van der Waals surface area contributed by atoms with Crippen molar-refractivity contribution in [2.24, 2.45) is 7.05 Å². The van der Waals surface area contributed by atoms with Gasteiger partial charge in [-0.1, -0.05) is 0 Å². The van der Waals surface area contributed by atoms with Crippen LogP contribution >= 0.6 is 0 Å². The smallest absolute Gasteiger partial charge is 0.158 e. The molecule has 0 amide bonds. The second-order valence-corrected chi connectivity index (χ2v) is 1.80. The Kier molecular flexibility index (Phi) is 1.69. The third kappa shape index (κ3) is 1.43. The molecule has 1 rings (SSSR count). The van der Waals surface area contributed by atoms with E-state index in [0.29, 0.717) is 0 Å². The highest BCUT2D eigenvalue weighted by Crippen LogP contribution is 1.96. The maximum absolute atomic E-state index is 3.99. The molecule has 0 bridgehead atoms. The molecule has 9 heavy (non-hydrogen) atoms. The van der Waals surface area contributed by atoms with Crippen LogP contribution in [0.3, 0.4) is 0 Å². The Bertz CT molecular complexity index is 181. The Hall–Kier alpha value is -1.03. The Labute approximate surface area is 53.9 Å². The maximum atomic E-state index is 3.99. The van der Waals surface area contributed by atoms with Crippen LogP contribution in [0.5, 0.6) is 0 Å². The summed E-state index contributed by atoms with van der Waals surface area (Å²) in [6.45, 7) is 0. The van der Waals surface area contributed by atoms with Crippen LogP contribution < -0.4 is 10.9 Å². The summed E-state index contributed by atoms with van der Waals surface area (Å²) in [5, 5.41) is 0. The van der Waals surface area contributed by atoms with Crippen LogP contribution in [-0.2, 0) is 7.05 Å². The highest BCUT2D eigenvalue weighted by molar-refractivity contribution is 5.28. The summed E-state index contributed by atoms with van der Waals surface area (Å²) in [6, 6.07) is 0. The number of rotatable bonds is 2. The predicted octanol–water partition coefficient (Wildman–Crippen LogP) is -0.0336. The molecule has 2 N–H and O–H groups in total. The number of aryl methyl sites for hydroxylation is 1. The van der Waals surface area contributed by atoms with Crippen molar-refractivity contribution < 1.29 is 0 Å². The van der Waals surface area contributed by atoms with Crippen LogP contribution in [0.4, 0.5) is 5.82 Å². The van der Waals surface area contributed by atoms with E-state index in [4.69, 9.17) is 0 Å². The zero-order valence-corrected chi connectivity index (χ0v) is 5.55. The van der Waals surface area contributed by atoms with Crippen molar-refractivity contribution in [3.63, 3.8) is 0 Å². The largest absolute Gasteiger partial charge is 0.338 e. The number of hydrazine groups is 1. The van der Waals surface area contributed by atoms with E-state index in [0.717, 1.165) is 5.82 Å². The topological polar surface area (TPSA) is 41.9 Å². The molecule has 0 fully saturated rings. The van der Waals surface area contributed by atoms with E-state index in [1.807, 2.05) is 17.8 Å². The number of imidazole rings is 1. The average molecular weight is 126 g/mol. The molecule has 0 radical (unpaired) electrons. The van der Waals surface area contributed by atoms with Crippen molar-refractivity contribution in [2.75, 3.05) is 12.5 Å². The highest BCUT2D eigenvalue weighted by Gasteiger charge is 1.89. The van der Waals surface area contributed by atoms with Gasteiger partial charge in [0.05, 0.1) is 6.33 Å². The summed E-state index contributed by atoms with van der Waals surface area (Å²) in [4.78, 5) is 3.99. The normalized spacial score (nSPS) is 9.56. The van der Waals surface area contributed by atoms with Crippen molar-refractivity contribution in [3.8, 4) is 0 Å². The van der Waals surface area contributed by atoms with Crippen molar-refractivity contribution >= 4 is 5.82 Å². The molecule has 1 heterocycles. The standard InChI is InChI=1S/C5H10N4/c1-6-8-5-3-9(2)4-7-5/h3-4,6,8H,1-2H3. The molecule has 0 aliphatic heterocycles. The molecule has 0 saturated heterocycles. The van der Waals surface area contributed by atoms with E-state index in [9.17, 15) is 0 Å². The molecule has 0 unspecified atom stereocenters. The van der Waals surface area contributed by atoms with Gasteiger partial charge in [-0.25, -0.2) is 10.4 Å². The number of nitrogens with zero attached hydrogens (tertiary/aromatic N) is 2. The third-order valence-corrected chi connectivity index (χ3v) is 0.958. The summed E-state index contributed by atoms with van der Waals surface area (Å²) in [7, 11) is 3.72. The summed E-state index contributed by atoms with van der Waals surface area (Å²) in [5.41, 5.74) is 5.62. The van der Waals surface area contributed by atoms with Gasteiger partial charge in [-0.15, -0.1) is 0 Å². The lowest BCUT2D eigenvalue weighted by atomic mass is 10.8. The van der Waals surface area contributed by atoms with E-state index in [1.165, 1.54) is 0 Å². The lowest BCUT2D eigenvalue weighted by molar-refractivity contribution is 0.912. The van der Waals surface area contributed by atoms with Crippen molar-refractivity contribution in [1.82, 2.24) is 15.0 Å². The zero-order chi connectivity index (χ0) is 6.69. The van der Waals surface area contributed by atoms with E-state index in [-0.39, 0.29) is 0 Å². The van der Waals surface area contributed by atoms with E-state index in [1.54, 1.807) is 13.4 Å². The molecule has 0 aliphatic rings. The second kappa shape index (κ2) is 2.50. The predicted molar refractivity (Wildman–Crippen MR) is 35.9 cm³/mol. The molecular formula is C5H10N4. The minimum atomic E-state index is 0.833. The highest BCUT2D eigenvalue weighted by atomic mass is 15.4. The molecule has 0 saturated carbocycles. The van der Waals surface area contributed by atoms with Crippen LogP contribution in [0, 0.1) is 0 Å². The van der Waals surface area contributed by atoms with Gasteiger partial charge < -0.3 is 9.99 Å². The van der Waals surface area contributed by atoms with E-state index < -0.39 is 0 Å². The molecule has 0 spiro atoms. The Morgan fingerprint density at radius 2 is 2.44 bits per heavy atom. The minimum Gasteiger partial charge on any atom is -0.338 e. The number of nitrogens with one attached hydrogen (secondary N) is 2. The van der Waals surface area contributed by atoms with Gasteiger partial charge in [0.15, 0.2) is 5.82 Å². The van der Waals surface area contributed by atoms with Crippen molar-refractivity contribution in [3.05, 3.63) is 12.5 Å². The third-order valence-electron chi connectivity index (χ3n) is 0.958. The first-order valence-corrected chi connectivity index (χ1v) is 2.73. The summed E-state index contributed by atoms with van der Waals surface area (Å²) in [6.07, 6.45) is 3.62. The molecule has 0 aliphatic carbocycles. The minimum absolute atomic E-state index is 0.833. The van der Waals surface area contributed by atoms with Gasteiger partial charge in [0.2, 0.25) is 0 Å². The molecule has 50 valence electrons. The monoisotopic (exact) mass is 126 g/mol. The van der Waals surface area contributed by atoms with Gasteiger partial charge in [0.25, 0.3) is 0 Å². The Morgan fingerprint density at radius 3 is 2.89 bits per heavy atom. The lowest BCUT2D eigenvalue weighted by Gasteiger charge is -1.95. The fraction of sp³-hybridized carbons (Fsp3) is 0.400. The first-order chi connectivity index (χ1) is 4.33. The fourth-order valence-corrected chi connectivity index (χ4v) is 0.605. The Morgan fingerprint density at radius 1 is 1.67 bits per heavy atom. The lowest BCUT2D eigenvalue weighted by Crippen LogP contribution is -2.14. The SMILES string of the molecule is CNNc1cn(C)cn1. The fourth-order valence-electron chi connectivity index (χ4n) is 0.605. The molecule has 0 aromatic carbocycles. The van der Waals surface area contributed by atoms with Crippen LogP contribution in [0.2, 0.25) is 0 Å². The van der Waals surface area contributed by atoms with Crippen LogP contribution in [-0.4, -0.2) is 16.6 Å². The number of aromatic nitrogens is 2. The van der Waals surface area contributed by atoms with Crippen molar-refractivity contribution in [1.29, 1.82) is 0 Å². The number of hydrogen-bond donors (Lipinski definition) is 2. The van der Waals surface area contributed by atoms with Gasteiger partial charge >= 0.3 is 0 Å². The number of anilines is 1. The summed E-state index contributed by atoms with van der Waals surface area (Å²) >= 11 is 0. The second-order valence-electron chi connectivity index (χ2n) is 1.80. The first kappa shape index (κ1) is 6.10. The molecule has 0 atom stereocenters. The van der Waals surface area contributed by atoms with E-state index in [2.05, 4.69) is 15.8 Å². The molecule has 4 nitrogen and oxygen atoms in total. The summed E-state index contributed by atoms with van der Waals surface area (Å²) < 4.78 is 1.87.